The van der Waals surface area contributed by atoms with E-state index in [2.05, 4.69) is 85.6 Å². The largest absolute Gasteiger partial charge is 0.328 e. The summed E-state index contributed by atoms with van der Waals surface area (Å²) in [5.41, 5.74) is 6.89. The molecule has 10 atom stereocenters. The second-order valence-electron chi connectivity index (χ2n) is 12.5. The zero-order chi connectivity index (χ0) is 27.3. The van der Waals surface area contributed by atoms with Crippen LogP contribution in [0.3, 0.4) is 0 Å². The number of terminal acetylenes is 1. The molecule has 0 bridgehead atoms. The normalized spacial score (nSPS) is 38.7. The highest BCUT2D eigenvalue weighted by molar-refractivity contribution is 5.09. The van der Waals surface area contributed by atoms with Gasteiger partial charge in [0, 0.05) is 12.0 Å². The summed E-state index contributed by atoms with van der Waals surface area (Å²) in [5, 5.41) is 0. The minimum Gasteiger partial charge on any atom is -0.328 e. The highest BCUT2D eigenvalue weighted by atomic mass is 14.7. The van der Waals surface area contributed by atoms with Crippen molar-refractivity contribution in [2.75, 3.05) is 0 Å². The fraction of sp³-hybridized carbons (Fsp3) is 0.824. The minimum absolute atomic E-state index is 0.261. The Morgan fingerprint density at radius 3 is 1.94 bits per heavy atom. The lowest BCUT2D eigenvalue weighted by atomic mass is 9.62. The fourth-order valence-corrected chi connectivity index (χ4v) is 6.79. The van der Waals surface area contributed by atoms with Crippen molar-refractivity contribution in [3.05, 3.63) is 24.3 Å². The van der Waals surface area contributed by atoms with Crippen LogP contribution in [0.1, 0.15) is 115 Å². The molecule has 2 aliphatic carbocycles. The predicted octanol–water partition coefficient (Wildman–Crippen LogP) is 9.78. The molecule has 2 rings (SSSR count). The average molecular weight is 486 g/mol. The SMILES string of the molecule is C#CC1CC(N)CC2CCC(C(C)CC(C)(C)C)C(C)C(C)/C=C\C(C)/C=C\C(C)C12.CC.CC. The van der Waals surface area contributed by atoms with Crippen LogP contribution in [0, 0.1) is 71.0 Å². The molecule has 204 valence electrons. The third-order valence-corrected chi connectivity index (χ3v) is 8.47. The molecule has 0 aromatic heterocycles. The summed E-state index contributed by atoms with van der Waals surface area (Å²) < 4.78 is 0. The number of hydrogen-bond donors (Lipinski definition) is 1. The minimum atomic E-state index is 0.261. The van der Waals surface area contributed by atoms with Crippen molar-refractivity contribution in [1.29, 1.82) is 0 Å². The first kappa shape index (κ1) is 34.0. The lowest BCUT2D eigenvalue weighted by molar-refractivity contribution is 0.0988. The van der Waals surface area contributed by atoms with Crippen molar-refractivity contribution in [3.63, 3.8) is 0 Å². The summed E-state index contributed by atoms with van der Waals surface area (Å²) in [4.78, 5) is 0. The number of hydrogen-bond acceptors (Lipinski definition) is 1. The second kappa shape index (κ2) is 16.7. The van der Waals surface area contributed by atoms with E-state index in [1.807, 2.05) is 27.7 Å². The van der Waals surface area contributed by atoms with Gasteiger partial charge in [-0.25, -0.2) is 0 Å². The molecular formula is C34H63N. The van der Waals surface area contributed by atoms with Gasteiger partial charge < -0.3 is 5.73 Å². The Bertz CT molecular complexity index is 644. The second-order valence-corrected chi connectivity index (χ2v) is 12.5. The van der Waals surface area contributed by atoms with E-state index in [1.54, 1.807) is 0 Å². The fourth-order valence-electron chi connectivity index (χ4n) is 6.79. The monoisotopic (exact) mass is 485 g/mol. The van der Waals surface area contributed by atoms with Crippen molar-refractivity contribution >= 4 is 0 Å². The molecule has 0 aliphatic heterocycles. The molecule has 0 spiro atoms. The number of fused-ring (bicyclic) bond motifs is 1. The number of rotatable bonds is 2. The van der Waals surface area contributed by atoms with Gasteiger partial charge in [-0.3, -0.25) is 0 Å². The topological polar surface area (TPSA) is 26.0 Å². The van der Waals surface area contributed by atoms with Crippen molar-refractivity contribution < 1.29 is 0 Å². The quantitative estimate of drug-likeness (QED) is 0.305. The molecule has 2 aliphatic rings. The lowest BCUT2D eigenvalue weighted by Gasteiger charge is -2.43. The average Bonchev–Trinajstić information content (AvgIpc) is 2.81. The first-order valence-corrected chi connectivity index (χ1v) is 15.0. The van der Waals surface area contributed by atoms with Gasteiger partial charge in [-0.05, 0) is 84.9 Å². The van der Waals surface area contributed by atoms with Crippen LogP contribution in [0.25, 0.3) is 0 Å². The van der Waals surface area contributed by atoms with Gasteiger partial charge in [0.05, 0.1) is 0 Å². The molecule has 1 heteroatoms. The molecule has 2 N–H and O–H groups in total. The summed E-state index contributed by atoms with van der Waals surface area (Å²) in [6, 6.07) is 0.261. The van der Waals surface area contributed by atoms with Crippen molar-refractivity contribution in [3.8, 4) is 12.3 Å². The van der Waals surface area contributed by atoms with Crippen LogP contribution in [-0.4, -0.2) is 6.04 Å². The van der Waals surface area contributed by atoms with E-state index in [9.17, 15) is 0 Å². The van der Waals surface area contributed by atoms with Crippen LogP contribution in [0.2, 0.25) is 0 Å². The summed E-state index contributed by atoms with van der Waals surface area (Å²) >= 11 is 0. The van der Waals surface area contributed by atoms with Gasteiger partial charge in [0.25, 0.3) is 0 Å². The molecule has 0 amide bonds. The van der Waals surface area contributed by atoms with Gasteiger partial charge in [-0.15, -0.1) is 12.3 Å². The van der Waals surface area contributed by atoms with E-state index in [4.69, 9.17) is 12.2 Å². The van der Waals surface area contributed by atoms with Crippen LogP contribution in [0.4, 0.5) is 0 Å². The molecule has 1 saturated carbocycles. The summed E-state index contributed by atoms with van der Waals surface area (Å²) in [6.45, 7) is 27.3. The molecule has 10 unspecified atom stereocenters. The van der Waals surface area contributed by atoms with Crippen LogP contribution in [0.5, 0.6) is 0 Å². The Morgan fingerprint density at radius 1 is 0.886 bits per heavy atom. The van der Waals surface area contributed by atoms with E-state index in [0.29, 0.717) is 46.8 Å². The standard InChI is InChI=1S/C30H51N.2C2H6/c1-10-25-17-27(31)18-26-15-16-28(23(5)19-30(7,8)9)24(6)21(3)13-11-20(2)12-14-22(4)29(25)26;2*1-2/h1,11-14,20-29H,15-19,31H2,2-9H3;2*1-2H3/b13-11-,14-12-;;. The van der Waals surface area contributed by atoms with Gasteiger partial charge in [0.15, 0.2) is 0 Å². The van der Waals surface area contributed by atoms with E-state index in [-0.39, 0.29) is 6.04 Å². The van der Waals surface area contributed by atoms with Crippen LogP contribution < -0.4 is 5.73 Å². The first-order chi connectivity index (χ1) is 16.4. The first-order valence-electron chi connectivity index (χ1n) is 15.0. The summed E-state index contributed by atoms with van der Waals surface area (Å²) in [5.74, 6) is 8.39. The number of allylic oxidation sites excluding steroid dienone is 4. The van der Waals surface area contributed by atoms with Crippen LogP contribution >= 0.6 is 0 Å². The van der Waals surface area contributed by atoms with E-state index >= 15 is 0 Å². The molecular weight excluding hydrogens is 422 g/mol. The smallest absolute Gasteiger partial charge is 0.0251 e. The molecule has 0 saturated heterocycles. The zero-order valence-corrected chi connectivity index (χ0v) is 25.8. The maximum Gasteiger partial charge on any atom is 0.0251 e. The van der Waals surface area contributed by atoms with Gasteiger partial charge in [-0.1, -0.05) is 107 Å². The Kier molecular flexibility index (Phi) is 16.2. The highest BCUT2D eigenvalue weighted by Gasteiger charge is 2.39. The molecule has 1 nitrogen and oxygen atoms in total. The van der Waals surface area contributed by atoms with Gasteiger partial charge in [0.1, 0.15) is 0 Å². The maximum absolute atomic E-state index is 6.52. The zero-order valence-electron chi connectivity index (χ0n) is 25.8. The van der Waals surface area contributed by atoms with Crippen molar-refractivity contribution in [2.24, 2.45) is 64.4 Å². The molecule has 0 radical (unpaired) electrons. The lowest BCUT2D eigenvalue weighted by Crippen LogP contribution is -2.41. The molecule has 1 fully saturated rings. The summed E-state index contributed by atoms with van der Waals surface area (Å²) in [7, 11) is 0. The molecule has 35 heavy (non-hydrogen) atoms. The summed E-state index contributed by atoms with van der Waals surface area (Å²) in [6.07, 6.45) is 21.8. The molecule has 0 heterocycles. The number of nitrogens with two attached hydrogens (primary N) is 1. The van der Waals surface area contributed by atoms with Gasteiger partial charge in [-0.2, -0.15) is 0 Å². The molecule has 0 aromatic rings. The van der Waals surface area contributed by atoms with E-state index in [1.165, 1.54) is 19.3 Å². The highest BCUT2D eigenvalue weighted by Crippen LogP contribution is 2.45. The Morgan fingerprint density at radius 2 is 1.43 bits per heavy atom. The maximum atomic E-state index is 6.52. The molecule has 0 aromatic carbocycles. The predicted molar refractivity (Wildman–Crippen MR) is 160 cm³/mol. The van der Waals surface area contributed by atoms with E-state index < -0.39 is 0 Å². The van der Waals surface area contributed by atoms with Crippen LogP contribution in [-0.2, 0) is 0 Å². The third-order valence-electron chi connectivity index (χ3n) is 8.47. The van der Waals surface area contributed by atoms with Crippen LogP contribution in [0.15, 0.2) is 24.3 Å². The van der Waals surface area contributed by atoms with Crippen molar-refractivity contribution in [1.82, 2.24) is 0 Å². The Balaban J connectivity index is 0.00000274. The van der Waals surface area contributed by atoms with Gasteiger partial charge in [0.2, 0.25) is 0 Å². The van der Waals surface area contributed by atoms with Gasteiger partial charge >= 0.3 is 0 Å². The Hall–Kier alpha value is -1.00. The van der Waals surface area contributed by atoms with Crippen molar-refractivity contribution in [2.45, 2.75) is 121 Å². The Labute approximate surface area is 222 Å². The van der Waals surface area contributed by atoms with E-state index in [0.717, 1.165) is 24.7 Å². The third kappa shape index (κ3) is 11.3.